The van der Waals surface area contributed by atoms with Crippen molar-refractivity contribution in [2.45, 2.75) is 71.8 Å². The number of nitrogens with zero attached hydrogens (tertiary/aromatic N) is 1. The van der Waals surface area contributed by atoms with Crippen molar-refractivity contribution in [1.82, 2.24) is 0 Å². The molecule has 132 valence electrons. The van der Waals surface area contributed by atoms with Gasteiger partial charge in [-0.1, -0.05) is 33.1 Å². The summed E-state index contributed by atoms with van der Waals surface area (Å²) >= 11 is 0. The minimum atomic E-state index is -0.868. The normalized spacial score (nSPS) is 15.8. The zero-order valence-corrected chi connectivity index (χ0v) is 15.4. The predicted molar refractivity (Wildman–Crippen MR) is 96.9 cm³/mol. The Balaban J connectivity index is 2.30. The van der Waals surface area contributed by atoms with Crippen LogP contribution >= 0.6 is 0 Å². The first-order chi connectivity index (χ1) is 11.4. The molecule has 1 amide bonds. The van der Waals surface area contributed by atoms with Gasteiger partial charge in [0.2, 0.25) is 0 Å². The number of fused-ring (bicyclic) bond motifs is 1. The summed E-state index contributed by atoms with van der Waals surface area (Å²) < 4.78 is 5.88. The Kier molecular flexibility index (Phi) is 6.03. The van der Waals surface area contributed by atoms with Crippen LogP contribution in [0, 0.1) is 0 Å². The molecule has 0 saturated heterocycles. The molecule has 1 heterocycles. The maximum Gasteiger partial charge on any atom is 0.270 e. The Morgan fingerprint density at radius 2 is 1.88 bits per heavy atom. The van der Waals surface area contributed by atoms with E-state index in [1.165, 1.54) is 6.42 Å². The van der Waals surface area contributed by atoms with E-state index in [0.29, 0.717) is 24.3 Å². The Bertz CT molecular complexity index is 607. The van der Waals surface area contributed by atoms with E-state index in [4.69, 9.17) is 4.74 Å². The third-order valence-corrected chi connectivity index (χ3v) is 4.41. The molecule has 4 heteroatoms. The van der Waals surface area contributed by atoms with Crippen molar-refractivity contribution in [3.05, 3.63) is 23.8 Å². The predicted octanol–water partition coefficient (Wildman–Crippen LogP) is 4.75. The number of hydrogen-bond acceptors (Lipinski definition) is 3. The van der Waals surface area contributed by atoms with E-state index in [-0.39, 0.29) is 11.7 Å². The summed E-state index contributed by atoms with van der Waals surface area (Å²) in [5.74, 6) is 0.762. The Morgan fingerprint density at radius 1 is 1.12 bits per heavy atom. The van der Waals surface area contributed by atoms with Gasteiger partial charge in [-0.05, 0) is 44.9 Å². The van der Waals surface area contributed by atoms with Crippen LogP contribution in [0.25, 0.3) is 0 Å². The number of carbonyl (C=O) groups is 2. The molecule has 2 rings (SSSR count). The lowest BCUT2D eigenvalue weighted by molar-refractivity contribution is -0.132. The molecule has 0 radical (unpaired) electrons. The Labute approximate surface area is 145 Å². The fourth-order valence-corrected chi connectivity index (χ4v) is 3.03. The van der Waals surface area contributed by atoms with Crippen molar-refractivity contribution in [3.8, 4) is 5.75 Å². The number of anilines is 1. The molecular formula is C20H29NO3. The first kappa shape index (κ1) is 18.5. The molecule has 0 saturated carbocycles. The summed E-state index contributed by atoms with van der Waals surface area (Å²) in [5, 5.41) is 0. The second-order valence-corrected chi connectivity index (χ2v) is 6.99. The number of hydrogen-bond donors (Lipinski definition) is 0. The highest BCUT2D eigenvalue weighted by atomic mass is 16.5. The van der Waals surface area contributed by atoms with E-state index in [0.717, 1.165) is 31.4 Å². The summed E-state index contributed by atoms with van der Waals surface area (Å²) in [7, 11) is 0. The largest absolute Gasteiger partial charge is 0.476 e. The van der Waals surface area contributed by atoms with Crippen molar-refractivity contribution in [2.24, 2.45) is 0 Å². The molecular weight excluding hydrogens is 302 g/mol. The van der Waals surface area contributed by atoms with Gasteiger partial charge in [-0.25, -0.2) is 0 Å². The lowest BCUT2D eigenvalue weighted by Crippen LogP contribution is -2.52. The van der Waals surface area contributed by atoms with Crippen LogP contribution in [0.2, 0.25) is 0 Å². The van der Waals surface area contributed by atoms with Gasteiger partial charge in [-0.15, -0.1) is 0 Å². The minimum absolute atomic E-state index is 0.0356. The molecule has 0 fully saturated rings. The summed E-state index contributed by atoms with van der Waals surface area (Å²) in [5.41, 5.74) is 0.523. The zero-order chi connectivity index (χ0) is 17.7. The SMILES string of the molecule is CCCCCCN1C(=O)C(C)(C)Oc2ccc(C(=O)CCC)cc21. The first-order valence-corrected chi connectivity index (χ1v) is 9.09. The first-order valence-electron chi connectivity index (χ1n) is 9.09. The molecule has 0 unspecified atom stereocenters. The van der Waals surface area contributed by atoms with Gasteiger partial charge in [0.25, 0.3) is 5.91 Å². The van der Waals surface area contributed by atoms with Crippen LogP contribution in [0.1, 0.15) is 76.6 Å². The van der Waals surface area contributed by atoms with Crippen molar-refractivity contribution in [3.63, 3.8) is 0 Å². The smallest absolute Gasteiger partial charge is 0.270 e. The summed E-state index contributed by atoms with van der Waals surface area (Å²) in [6, 6.07) is 5.45. The van der Waals surface area contributed by atoms with E-state index in [1.807, 2.05) is 19.1 Å². The number of Topliss-reactive ketones (excluding diaryl/α,β-unsaturated/α-hetero) is 1. The molecule has 0 aromatic heterocycles. The molecule has 4 nitrogen and oxygen atoms in total. The Hall–Kier alpha value is -1.84. The molecule has 24 heavy (non-hydrogen) atoms. The molecule has 1 aliphatic rings. The van der Waals surface area contributed by atoms with E-state index in [2.05, 4.69) is 6.92 Å². The second-order valence-electron chi connectivity index (χ2n) is 6.99. The van der Waals surface area contributed by atoms with Gasteiger partial charge in [0.05, 0.1) is 5.69 Å². The third-order valence-electron chi connectivity index (χ3n) is 4.41. The molecule has 1 aromatic carbocycles. The van der Waals surface area contributed by atoms with Gasteiger partial charge in [0.1, 0.15) is 5.75 Å². The summed E-state index contributed by atoms with van der Waals surface area (Å²) in [6.45, 7) is 8.43. The fraction of sp³-hybridized carbons (Fsp3) is 0.600. The van der Waals surface area contributed by atoms with Crippen LogP contribution in [-0.4, -0.2) is 23.8 Å². The van der Waals surface area contributed by atoms with Crippen LogP contribution in [0.3, 0.4) is 0 Å². The highest BCUT2D eigenvalue weighted by Crippen LogP contribution is 2.38. The second kappa shape index (κ2) is 7.82. The standard InChI is InChI=1S/C20H29NO3/c1-5-7-8-9-13-21-16-14-15(17(22)10-6-2)11-12-18(16)24-20(3,4)19(21)23/h11-12,14H,5-10,13H2,1-4H3. The highest BCUT2D eigenvalue weighted by molar-refractivity contribution is 6.04. The number of benzene rings is 1. The van der Waals surface area contributed by atoms with Crippen LogP contribution in [0.4, 0.5) is 5.69 Å². The number of rotatable bonds is 8. The molecule has 0 spiro atoms. The van der Waals surface area contributed by atoms with Gasteiger partial charge >= 0.3 is 0 Å². The topological polar surface area (TPSA) is 46.6 Å². The molecule has 1 aromatic rings. The van der Waals surface area contributed by atoms with Gasteiger partial charge in [-0.2, -0.15) is 0 Å². The quantitative estimate of drug-likeness (QED) is 0.510. The monoisotopic (exact) mass is 331 g/mol. The number of ketones is 1. The minimum Gasteiger partial charge on any atom is -0.476 e. The maximum atomic E-state index is 12.8. The third kappa shape index (κ3) is 3.97. The molecule has 0 N–H and O–H groups in total. The number of carbonyl (C=O) groups excluding carboxylic acids is 2. The molecule has 0 atom stereocenters. The summed E-state index contributed by atoms with van der Waals surface area (Å²) in [6.07, 6.45) is 5.74. The number of amides is 1. The maximum absolute atomic E-state index is 12.8. The lowest BCUT2D eigenvalue weighted by Gasteiger charge is -2.39. The number of ether oxygens (including phenoxy) is 1. The van der Waals surface area contributed by atoms with Gasteiger partial charge < -0.3 is 9.64 Å². The van der Waals surface area contributed by atoms with Crippen LogP contribution in [0.15, 0.2) is 18.2 Å². The zero-order valence-electron chi connectivity index (χ0n) is 15.4. The van der Waals surface area contributed by atoms with Crippen LogP contribution in [0.5, 0.6) is 5.75 Å². The average Bonchev–Trinajstić information content (AvgIpc) is 2.54. The van der Waals surface area contributed by atoms with Gasteiger partial charge in [0.15, 0.2) is 11.4 Å². The van der Waals surface area contributed by atoms with Crippen molar-refractivity contribution in [1.29, 1.82) is 0 Å². The molecule has 0 aliphatic carbocycles. The van der Waals surface area contributed by atoms with E-state index in [1.54, 1.807) is 24.8 Å². The Morgan fingerprint density at radius 3 is 2.54 bits per heavy atom. The van der Waals surface area contributed by atoms with E-state index < -0.39 is 5.60 Å². The fourth-order valence-electron chi connectivity index (χ4n) is 3.03. The average molecular weight is 331 g/mol. The number of unbranched alkanes of at least 4 members (excludes halogenated alkanes) is 3. The molecule has 0 bridgehead atoms. The van der Waals surface area contributed by atoms with Crippen molar-refractivity contribution >= 4 is 17.4 Å². The highest BCUT2D eigenvalue weighted by Gasteiger charge is 2.40. The summed E-state index contributed by atoms with van der Waals surface area (Å²) in [4.78, 5) is 26.8. The van der Waals surface area contributed by atoms with E-state index >= 15 is 0 Å². The van der Waals surface area contributed by atoms with Crippen LogP contribution < -0.4 is 9.64 Å². The lowest BCUT2D eigenvalue weighted by atomic mass is 10.00. The van der Waals surface area contributed by atoms with Crippen molar-refractivity contribution < 1.29 is 14.3 Å². The molecule has 1 aliphatic heterocycles. The van der Waals surface area contributed by atoms with Crippen molar-refractivity contribution in [2.75, 3.05) is 11.4 Å². The van der Waals surface area contributed by atoms with Gasteiger partial charge in [-0.3, -0.25) is 9.59 Å². The van der Waals surface area contributed by atoms with E-state index in [9.17, 15) is 9.59 Å². The van der Waals surface area contributed by atoms with Gasteiger partial charge in [0, 0.05) is 18.5 Å². The van der Waals surface area contributed by atoms with Crippen LogP contribution in [-0.2, 0) is 4.79 Å².